The van der Waals surface area contributed by atoms with Crippen molar-refractivity contribution in [3.63, 3.8) is 0 Å². The minimum absolute atomic E-state index is 0.0707. The predicted molar refractivity (Wildman–Crippen MR) is 104 cm³/mol. The van der Waals surface area contributed by atoms with E-state index in [1.54, 1.807) is 26.0 Å². The topological polar surface area (TPSA) is 7.94 Å². The van der Waals surface area contributed by atoms with Crippen LogP contribution >= 0.6 is 11.6 Å². The van der Waals surface area contributed by atoms with Crippen molar-refractivity contribution in [3.05, 3.63) is 74.7 Å². The standard InChI is InChI=1S/C20H17BClF5N2/c1-10-7-12(3)28-18(10)17(15-6-5-14(22)9-16(15)20(23,24)25)19-11(2)8-13(4)29(19)21(28,26)27/h5-9H,1-4H3. The highest BCUT2D eigenvalue weighted by Gasteiger charge is 2.55. The lowest BCUT2D eigenvalue weighted by molar-refractivity contribution is -0.363. The van der Waals surface area contributed by atoms with Gasteiger partial charge in [0.05, 0.1) is 11.1 Å². The third-order valence-electron chi connectivity index (χ3n) is 5.49. The lowest BCUT2D eigenvalue weighted by atomic mass is 9.82. The molecule has 152 valence electrons. The summed E-state index contributed by atoms with van der Waals surface area (Å²) in [7, 11) is 0. The monoisotopic (exact) mass is 426 g/mol. The van der Waals surface area contributed by atoms with E-state index in [9.17, 15) is 13.2 Å². The van der Waals surface area contributed by atoms with Crippen LogP contribution in [0.4, 0.5) is 21.8 Å². The molecule has 3 heterocycles. The number of halogens is 6. The number of aryl methyl sites for hydroxylation is 2. The zero-order valence-corrected chi connectivity index (χ0v) is 16.9. The van der Waals surface area contributed by atoms with Crippen LogP contribution in [0.5, 0.6) is 0 Å². The first kappa shape index (κ1) is 19.9. The zero-order valence-electron chi connectivity index (χ0n) is 16.1. The van der Waals surface area contributed by atoms with Crippen LogP contribution in [0, 0.1) is 13.8 Å². The van der Waals surface area contributed by atoms with Crippen LogP contribution in [0.3, 0.4) is 0 Å². The van der Waals surface area contributed by atoms with E-state index in [2.05, 4.69) is 0 Å². The maximum atomic E-state index is 15.6. The number of alkyl halides is 3. The van der Waals surface area contributed by atoms with Crippen molar-refractivity contribution in [1.82, 2.24) is 4.48 Å². The van der Waals surface area contributed by atoms with Gasteiger partial charge in [0.25, 0.3) is 0 Å². The molecule has 4 rings (SSSR count). The fraction of sp³-hybridized carbons (Fsp3) is 0.250. The summed E-state index contributed by atoms with van der Waals surface area (Å²) in [5.41, 5.74) is 0.794. The Bertz CT molecular complexity index is 1170. The Morgan fingerprint density at radius 2 is 1.69 bits per heavy atom. The number of fused-ring (bicyclic) bond motifs is 2. The summed E-state index contributed by atoms with van der Waals surface area (Å²) in [5.74, 6) is 0. The molecule has 0 amide bonds. The van der Waals surface area contributed by atoms with Crippen molar-refractivity contribution in [3.8, 4) is 0 Å². The molecule has 2 aliphatic rings. The van der Waals surface area contributed by atoms with Gasteiger partial charge in [0.1, 0.15) is 5.71 Å². The number of benzene rings is 1. The lowest BCUT2D eigenvalue weighted by Gasteiger charge is -2.34. The molecule has 2 nitrogen and oxygen atoms in total. The summed E-state index contributed by atoms with van der Waals surface area (Å²) in [6, 6.07) is 5.02. The van der Waals surface area contributed by atoms with E-state index in [1.807, 2.05) is 0 Å². The van der Waals surface area contributed by atoms with Crippen LogP contribution in [0.1, 0.15) is 41.9 Å². The van der Waals surface area contributed by atoms with Crippen LogP contribution < -0.4 is 0 Å². The van der Waals surface area contributed by atoms with Gasteiger partial charge >= 0.3 is 13.1 Å². The smallest absolute Gasteiger partial charge is 0.393 e. The molecule has 29 heavy (non-hydrogen) atoms. The zero-order chi connectivity index (χ0) is 21.5. The largest absolute Gasteiger partial charge is 0.737 e. The van der Waals surface area contributed by atoms with E-state index in [4.69, 9.17) is 11.6 Å². The highest BCUT2D eigenvalue weighted by atomic mass is 35.5. The number of allylic oxidation sites excluding steroid dienone is 2. The highest BCUT2D eigenvalue weighted by Crippen LogP contribution is 2.47. The molecule has 0 fully saturated rings. The van der Waals surface area contributed by atoms with Crippen LogP contribution in [0.15, 0.2) is 41.6 Å². The van der Waals surface area contributed by atoms with Crippen molar-refractivity contribution in [2.24, 2.45) is 0 Å². The van der Waals surface area contributed by atoms with E-state index in [-0.39, 0.29) is 27.6 Å². The molecule has 9 heteroatoms. The van der Waals surface area contributed by atoms with E-state index < -0.39 is 18.7 Å². The molecule has 1 aromatic heterocycles. The Hall–Kier alpha value is -2.35. The third-order valence-corrected chi connectivity index (χ3v) is 5.73. The molecular formula is C20H17BClF5N2. The molecule has 0 bridgehead atoms. The quantitative estimate of drug-likeness (QED) is 0.379. The van der Waals surface area contributed by atoms with Crippen molar-refractivity contribution in [1.29, 1.82) is 0 Å². The molecule has 0 saturated heterocycles. The Labute approximate surface area is 169 Å². The second-order valence-corrected chi connectivity index (χ2v) is 7.96. The van der Waals surface area contributed by atoms with Crippen LogP contribution in [-0.2, 0) is 6.18 Å². The molecule has 0 atom stereocenters. The van der Waals surface area contributed by atoms with Crippen molar-refractivity contribution in [2.45, 2.75) is 33.9 Å². The van der Waals surface area contributed by atoms with Gasteiger partial charge < -0.3 is 17.6 Å². The van der Waals surface area contributed by atoms with Gasteiger partial charge in [-0.2, -0.15) is 13.2 Å². The second kappa shape index (κ2) is 6.08. The first-order valence-corrected chi connectivity index (χ1v) is 9.37. The predicted octanol–water partition coefficient (Wildman–Crippen LogP) is 6.21. The summed E-state index contributed by atoms with van der Waals surface area (Å²) in [5, 5.41) is -0.0707. The molecular weight excluding hydrogens is 409 g/mol. The van der Waals surface area contributed by atoms with Gasteiger partial charge in [0.15, 0.2) is 5.70 Å². The summed E-state index contributed by atoms with van der Waals surface area (Å²) in [6.07, 6.45) is -3.12. The summed E-state index contributed by atoms with van der Waals surface area (Å²) in [4.78, 5) is 0. The van der Waals surface area contributed by atoms with E-state index >= 15 is 8.63 Å². The molecule has 2 aromatic rings. The van der Waals surface area contributed by atoms with Crippen LogP contribution in [-0.4, -0.2) is 21.6 Å². The van der Waals surface area contributed by atoms with E-state index in [0.717, 1.165) is 15.0 Å². The highest BCUT2D eigenvalue weighted by molar-refractivity contribution is 6.58. The van der Waals surface area contributed by atoms with E-state index in [1.165, 1.54) is 26.0 Å². The van der Waals surface area contributed by atoms with Crippen molar-refractivity contribution < 1.29 is 26.3 Å². The number of hydrogen-bond donors (Lipinski definition) is 0. The molecule has 0 N–H and O–H groups in total. The molecule has 1 aromatic carbocycles. The first-order chi connectivity index (χ1) is 13.4. The van der Waals surface area contributed by atoms with Gasteiger partial charge in [-0.15, -0.1) is 0 Å². The Kier molecular flexibility index (Phi) is 4.18. The lowest BCUT2D eigenvalue weighted by Crippen LogP contribution is -2.51. The molecule has 0 aliphatic carbocycles. The molecule has 0 spiro atoms. The first-order valence-electron chi connectivity index (χ1n) is 9.00. The van der Waals surface area contributed by atoms with Gasteiger partial charge in [-0.3, -0.25) is 0 Å². The maximum Gasteiger partial charge on any atom is 0.737 e. The average molecular weight is 427 g/mol. The fourth-order valence-corrected chi connectivity index (χ4v) is 4.69. The summed E-state index contributed by atoms with van der Waals surface area (Å²) < 4.78 is 74.5. The van der Waals surface area contributed by atoms with Gasteiger partial charge in [0.2, 0.25) is 0 Å². The molecule has 0 saturated carbocycles. The maximum absolute atomic E-state index is 15.6. The number of hydrogen-bond acceptors (Lipinski definition) is 0. The Balaban J connectivity index is 2.21. The fourth-order valence-electron chi connectivity index (χ4n) is 4.52. The molecule has 0 radical (unpaired) electrons. The minimum atomic E-state index is -4.70. The Morgan fingerprint density at radius 3 is 2.31 bits per heavy atom. The van der Waals surface area contributed by atoms with Crippen molar-refractivity contribution >= 4 is 29.9 Å². The number of aromatic nitrogens is 1. The number of rotatable bonds is 1. The molecule has 2 aliphatic heterocycles. The van der Waals surface area contributed by atoms with Gasteiger partial charge in [-0.1, -0.05) is 17.7 Å². The molecule has 0 unspecified atom stereocenters. The van der Waals surface area contributed by atoms with Gasteiger partial charge in [-0.05, 0) is 50.2 Å². The van der Waals surface area contributed by atoms with Crippen LogP contribution in [0.2, 0.25) is 5.02 Å². The normalized spacial score (nSPS) is 18.2. The SMILES string of the molecule is CC1=CC(C)=[N+]2C1=C(c1ccc(Cl)cc1C(F)(F)F)c1c(C)cc(C)n1[B-]2(F)F. The van der Waals surface area contributed by atoms with E-state index in [0.29, 0.717) is 22.5 Å². The Morgan fingerprint density at radius 1 is 1.03 bits per heavy atom. The second-order valence-electron chi connectivity index (χ2n) is 7.53. The number of nitrogens with zero attached hydrogens (tertiary/aromatic N) is 2. The average Bonchev–Trinajstić information content (AvgIpc) is 3.05. The minimum Gasteiger partial charge on any atom is -0.393 e. The van der Waals surface area contributed by atoms with Crippen LogP contribution in [0.25, 0.3) is 5.57 Å². The summed E-state index contributed by atoms with van der Waals surface area (Å²) in [6.45, 7) is 2.09. The third kappa shape index (κ3) is 2.72. The summed E-state index contributed by atoms with van der Waals surface area (Å²) >= 11 is 5.84. The van der Waals surface area contributed by atoms with Gasteiger partial charge in [0, 0.05) is 34.9 Å². The van der Waals surface area contributed by atoms with Crippen molar-refractivity contribution in [2.75, 3.05) is 0 Å². The van der Waals surface area contributed by atoms with Gasteiger partial charge in [-0.25, -0.2) is 0 Å².